The van der Waals surface area contributed by atoms with Gasteiger partial charge in [0.25, 0.3) is 0 Å². The summed E-state index contributed by atoms with van der Waals surface area (Å²) < 4.78 is 0. The van der Waals surface area contributed by atoms with Gasteiger partial charge in [0, 0.05) is 5.02 Å². The van der Waals surface area contributed by atoms with Crippen molar-refractivity contribution in [1.29, 1.82) is 0 Å². The number of hydrogen-bond acceptors (Lipinski definition) is 1. The van der Waals surface area contributed by atoms with Crippen LogP contribution < -0.4 is 5.32 Å². The molecule has 0 saturated heterocycles. The minimum atomic E-state index is 0.157. The Morgan fingerprint density at radius 3 is 2.33 bits per heavy atom. The van der Waals surface area contributed by atoms with Gasteiger partial charge in [0.1, 0.15) is 0 Å². The summed E-state index contributed by atoms with van der Waals surface area (Å²) in [5.41, 5.74) is 3.65. The van der Waals surface area contributed by atoms with E-state index in [1.54, 1.807) is 0 Å². The molecular formula is C16H18ClN. The Kier molecular flexibility index (Phi) is 4.40. The molecule has 0 saturated carbocycles. The van der Waals surface area contributed by atoms with Gasteiger partial charge in [-0.05, 0) is 30.7 Å². The average Bonchev–Trinajstić information content (AvgIpc) is 2.38. The topological polar surface area (TPSA) is 12.0 Å². The highest BCUT2D eigenvalue weighted by Crippen LogP contribution is 2.28. The summed E-state index contributed by atoms with van der Waals surface area (Å²) in [7, 11) is 0. The van der Waals surface area contributed by atoms with E-state index < -0.39 is 0 Å². The van der Waals surface area contributed by atoms with Crippen molar-refractivity contribution < 1.29 is 0 Å². The van der Waals surface area contributed by atoms with Crippen molar-refractivity contribution in [3.05, 3.63) is 70.2 Å². The van der Waals surface area contributed by atoms with E-state index in [9.17, 15) is 0 Å². The zero-order valence-electron chi connectivity index (χ0n) is 10.8. The third-order valence-corrected chi connectivity index (χ3v) is 3.38. The molecule has 1 nitrogen and oxygen atoms in total. The molecule has 0 aliphatic carbocycles. The molecule has 0 aromatic heterocycles. The Labute approximate surface area is 114 Å². The highest BCUT2D eigenvalue weighted by atomic mass is 35.5. The van der Waals surface area contributed by atoms with Crippen LogP contribution in [-0.2, 0) is 0 Å². The molecule has 2 heteroatoms. The zero-order valence-corrected chi connectivity index (χ0v) is 11.5. The number of nitrogens with one attached hydrogen (secondary N) is 1. The predicted molar refractivity (Wildman–Crippen MR) is 78.2 cm³/mol. The Hall–Kier alpha value is -1.31. The van der Waals surface area contributed by atoms with Gasteiger partial charge in [-0.15, -0.1) is 0 Å². The molecule has 2 rings (SSSR count). The van der Waals surface area contributed by atoms with Crippen LogP contribution in [0.25, 0.3) is 0 Å². The summed E-state index contributed by atoms with van der Waals surface area (Å²) in [6, 6.07) is 16.8. The van der Waals surface area contributed by atoms with E-state index in [1.807, 2.05) is 18.2 Å². The lowest BCUT2D eigenvalue weighted by molar-refractivity contribution is 0.631. The van der Waals surface area contributed by atoms with Gasteiger partial charge in [0.15, 0.2) is 0 Å². The molecule has 0 bridgehead atoms. The smallest absolute Gasteiger partial charge is 0.0591 e. The molecule has 1 atom stereocenters. The van der Waals surface area contributed by atoms with Gasteiger partial charge in [-0.1, -0.05) is 66.6 Å². The first-order chi connectivity index (χ1) is 8.72. The number of hydrogen-bond donors (Lipinski definition) is 1. The maximum absolute atomic E-state index is 6.30. The summed E-state index contributed by atoms with van der Waals surface area (Å²) in [6.45, 7) is 5.11. The van der Waals surface area contributed by atoms with Gasteiger partial charge < -0.3 is 5.32 Å². The first kappa shape index (κ1) is 13.1. The summed E-state index contributed by atoms with van der Waals surface area (Å²) >= 11 is 6.30. The molecule has 0 amide bonds. The Bertz CT molecular complexity index is 505. The second-order valence-electron chi connectivity index (χ2n) is 4.42. The number of aryl methyl sites for hydroxylation is 1. The maximum Gasteiger partial charge on any atom is 0.0591 e. The molecule has 2 aromatic carbocycles. The van der Waals surface area contributed by atoms with Crippen LogP contribution in [-0.4, -0.2) is 6.54 Å². The molecule has 0 spiro atoms. The standard InChI is InChI=1S/C16H18ClN/c1-3-18-16(13-10-8-12(2)9-11-13)14-6-4-5-7-15(14)17/h4-11,16,18H,3H2,1-2H3. The predicted octanol–water partition coefficient (Wildman–Crippen LogP) is 4.35. The summed E-state index contributed by atoms with van der Waals surface area (Å²) in [6.07, 6.45) is 0. The normalized spacial score (nSPS) is 12.4. The molecule has 1 N–H and O–H groups in total. The minimum absolute atomic E-state index is 0.157. The Balaban J connectivity index is 2.40. The van der Waals surface area contributed by atoms with Gasteiger partial charge in [0.2, 0.25) is 0 Å². The van der Waals surface area contributed by atoms with Crippen molar-refractivity contribution in [2.24, 2.45) is 0 Å². The molecule has 18 heavy (non-hydrogen) atoms. The molecule has 0 heterocycles. The van der Waals surface area contributed by atoms with Gasteiger partial charge in [-0.3, -0.25) is 0 Å². The van der Waals surface area contributed by atoms with Crippen molar-refractivity contribution in [3.8, 4) is 0 Å². The van der Waals surface area contributed by atoms with Gasteiger partial charge in [0.05, 0.1) is 6.04 Å². The molecule has 1 unspecified atom stereocenters. The highest BCUT2D eigenvalue weighted by Gasteiger charge is 2.15. The summed E-state index contributed by atoms with van der Waals surface area (Å²) in [5, 5.41) is 4.30. The van der Waals surface area contributed by atoms with E-state index in [1.165, 1.54) is 11.1 Å². The van der Waals surface area contributed by atoms with Crippen LogP contribution in [0.15, 0.2) is 48.5 Å². The van der Waals surface area contributed by atoms with Crippen LogP contribution in [0.4, 0.5) is 0 Å². The van der Waals surface area contributed by atoms with Crippen molar-refractivity contribution in [1.82, 2.24) is 5.32 Å². The lowest BCUT2D eigenvalue weighted by Gasteiger charge is -2.20. The first-order valence-corrected chi connectivity index (χ1v) is 6.64. The molecule has 0 fully saturated rings. The van der Waals surface area contributed by atoms with Crippen LogP contribution in [0.2, 0.25) is 5.02 Å². The fourth-order valence-electron chi connectivity index (χ4n) is 2.08. The summed E-state index contributed by atoms with van der Waals surface area (Å²) in [5.74, 6) is 0. The van der Waals surface area contributed by atoms with E-state index in [2.05, 4.69) is 49.5 Å². The minimum Gasteiger partial charge on any atom is -0.306 e. The SMILES string of the molecule is CCNC(c1ccc(C)cc1)c1ccccc1Cl. The number of halogens is 1. The monoisotopic (exact) mass is 259 g/mol. The second kappa shape index (κ2) is 6.03. The average molecular weight is 260 g/mol. The maximum atomic E-state index is 6.30. The van der Waals surface area contributed by atoms with E-state index in [-0.39, 0.29) is 6.04 Å². The zero-order chi connectivity index (χ0) is 13.0. The van der Waals surface area contributed by atoms with E-state index in [0.29, 0.717) is 0 Å². The lowest BCUT2D eigenvalue weighted by atomic mass is 9.98. The molecule has 94 valence electrons. The van der Waals surface area contributed by atoms with Crippen LogP contribution >= 0.6 is 11.6 Å². The number of rotatable bonds is 4. The van der Waals surface area contributed by atoms with E-state index >= 15 is 0 Å². The van der Waals surface area contributed by atoms with Crippen LogP contribution in [0.1, 0.15) is 29.7 Å². The van der Waals surface area contributed by atoms with Gasteiger partial charge in [-0.25, -0.2) is 0 Å². The quantitative estimate of drug-likeness (QED) is 0.861. The highest BCUT2D eigenvalue weighted by molar-refractivity contribution is 6.31. The van der Waals surface area contributed by atoms with Gasteiger partial charge in [-0.2, -0.15) is 0 Å². The lowest BCUT2D eigenvalue weighted by Crippen LogP contribution is -2.22. The molecule has 0 aliphatic rings. The Morgan fingerprint density at radius 2 is 1.72 bits per heavy atom. The van der Waals surface area contributed by atoms with Gasteiger partial charge >= 0.3 is 0 Å². The third kappa shape index (κ3) is 2.92. The first-order valence-electron chi connectivity index (χ1n) is 6.26. The fourth-order valence-corrected chi connectivity index (χ4v) is 2.32. The molecule has 0 aliphatic heterocycles. The van der Waals surface area contributed by atoms with Crippen LogP contribution in [0, 0.1) is 6.92 Å². The molecule has 2 aromatic rings. The fraction of sp³-hybridized carbons (Fsp3) is 0.250. The van der Waals surface area contributed by atoms with E-state index in [0.717, 1.165) is 17.1 Å². The second-order valence-corrected chi connectivity index (χ2v) is 4.83. The van der Waals surface area contributed by atoms with Crippen molar-refractivity contribution in [3.63, 3.8) is 0 Å². The van der Waals surface area contributed by atoms with Crippen molar-refractivity contribution in [2.45, 2.75) is 19.9 Å². The van der Waals surface area contributed by atoms with Crippen molar-refractivity contribution in [2.75, 3.05) is 6.54 Å². The molecular weight excluding hydrogens is 242 g/mol. The third-order valence-electron chi connectivity index (χ3n) is 3.04. The largest absolute Gasteiger partial charge is 0.306 e. The van der Waals surface area contributed by atoms with Crippen LogP contribution in [0.5, 0.6) is 0 Å². The van der Waals surface area contributed by atoms with Crippen molar-refractivity contribution >= 4 is 11.6 Å². The van der Waals surface area contributed by atoms with E-state index in [4.69, 9.17) is 11.6 Å². The Morgan fingerprint density at radius 1 is 1.06 bits per heavy atom. The van der Waals surface area contributed by atoms with Crippen LogP contribution in [0.3, 0.4) is 0 Å². The molecule has 0 radical (unpaired) electrons. The number of benzene rings is 2. The summed E-state index contributed by atoms with van der Waals surface area (Å²) in [4.78, 5) is 0.